The Hall–Kier alpha value is -2.22. The zero-order valence-corrected chi connectivity index (χ0v) is 13.9. The van der Waals surface area contributed by atoms with Crippen LogP contribution in [-0.4, -0.2) is 84.9 Å². The molecule has 0 aromatic carbocycles. The van der Waals surface area contributed by atoms with Gasteiger partial charge in [0, 0.05) is 46.2 Å². The molecule has 0 unspecified atom stereocenters. The van der Waals surface area contributed by atoms with Crippen molar-refractivity contribution in [3.63, 3.8) is 0 Å². The van der Waals surface area contributed by atoms with Gasteiger partial charge in [-0.25, -0.2) is 9.97 Å². The van der Waals surface area contributed by atoms with Crippen molar-refractivity contribution in [2.24, 2.45) is 0 Å². The summed E-state index contributed by atoms with van der Waals surface area (Å²) in [6.07, 6.45) is 3.11. The minimum Gasteiger partial charge on any atom is -0.352 e. The van der Waals surface area contributed by atoms with E-state index in [1.54, 1.807) is 13.1 Å². The summed E-state index contributed by atoms with van der Waals surface area (Å²) < 4.78 is 0. The largest absolute Gasteiger partial charge is 0.352 e. The fourth-order valence-electron chi connectivity index (χ4n) is 2.34. The Morgan fingerprint density at radius 2 is 1.87 bits per heavy atom. The fraction of sp³-hybridized carbons (Fsp3) is 0.600. The number of anilines is 1. The lowest BCUT2D eigenvalue weighted by atomic mass is 10.3. The Bertz CT molecular complexity index is 537. The van der Waals surface area contributed by atoms with Crippen molar-refractivity contribution in [3.05, 3.63) is 18.1 Å². The number of amides is 2. The van der Waals surface area contributed by atoms with Crippen molar-refractivity contribution in [1.29, 1.82) is 0 Å². The standard InChI is InChI=1S/C15H24N6O2/c1-12(22)20-6-8-21(9-7-20)14-11-17-13(10-18-14)15(23)16-4-5-19(2)3/h10-11H,4-9H2,1-3H3,(H,16,23). The second-order valence-corrected chi connectivity index (χ2v) is 5.81. The van der Waals surface area contributed by atoms with E-state index in [0.717, 1.165) is 25.5 Å². The van der Waals surface area contributed by atoms with Gasteiger partial charge in [-0.3, -0.25) is 9.59 Å². The molecule has 1 saturated heterocycles. The molecule has 2 amide bonds. The van der Waals surface area contributed by atoms with Crippen LogP contribution in [0.5, 0.6) is 0 Å². The Kier molecular flexibility index (Phi) is 5.86. The van der Waals surface area contributed by atoms with Crippen molar-refractivity contribution >= 4 is 17.6 Å². The van der Waals surface area contributed by atoms with Gasteiger partial charge in [-0.2, -0.15) is 0 Å². The summed E-state index contributed by atoms with van der Waals surface area (Å²) >= 11 is 0. The molecule has 1 fully saturated rings. The third kappa shape index (κ3) is 4.88. The molecule has 1 aromatic rings. The second-order valence-electron chi connectivity index (χ2n) is 5.81. The zero-order valence-electron chi connectivity index (χ0n) is 13.9. The molecule has 1 N–H and O–H groups in total. The molecule has 23 heavy (non-hydrogen) atoms. The summed E-state index contributed by atoms with van der Waals surface area (Å²) in [4.78, 5) is 37.7. The van der Waals surface area contributed by atoms with E-state index in [4.69, 9.17) is 0 Å². The first-order valence-electron chi connectivity index (χ1n) is 7.73. The van der Waals surface area contributed by atoms with Crippen LogP contribution in [-0.2, 0) is 4.79 Å². The van der Waals surface area contributed by atoms with E-state index in [1.165, 1.54) is 6.20 Å². The number of carbonyl (C=O) groups excluding carboxylic acids is 2. The molecule has 0 saturated carbocycles. The van der Waals surface area contributed by atoms with Crippen LogP contribution in [0.2, 0.25) is 0 Å². The second kappa shape index (κ2) is 7.87. The van der Waals surface area contributed by atoms with Crippen molar-refractivity contribution in [1.82, 2.24) is 25.1 Å². The predicted octanol–water partition coefficient (Wildman–Crippen LogP) is -0.563. The molecule has 126 valence electrons. The van der Waals surface area contributed by atoms with Gasteiger partial charge >= 0.3 is 0 Å². The first-order chi connectivity index (χ1) is 11.0. The van der Waals surface area contributed by atoms with Crippen LogP contribution in [0.25, 0.3) is 0 Å². The summed E-state index contributed by atoms with van der Waals surface area (Å²) in [5, 5.41) is 2.81. The highest BCUT2D eigenvalue weighted by molar-refractivity contribution is 5.92. The van der Waals surface area contributed by atoms with Gasteiger partial charge in [0.25, 0.3) is 5.91 Å². The quantitative estimate of drug-likeness (QED) is 0.783. The van der Waals surface area contributed by atoms with Crippen LogP contribution in [0.3, 0.4) is 0 Å². The maximum Gasteiger partial charge on any atom is 0.271 e. The Labute approximate surface area is 136 Å². The fourth-order valence-corrected chi connectivity index (χ4v) is 2.34. The molecule has 0 radical (unpaired) electrons. The maximum atomic E-state index is 11.9. The Morgan fingerprint density at radius 3 is 2.39 bits per heavy atom. The van der Waals surface area contributed by atoms with Crippen LogP contribution in [0.15, 0.2) is 12.4 Å². The van der Waals surface area contributed by atoms with Gasteiger partial charge in [-0.05, 0) is 14.1 Å². The van der Waals surface area contributed by atoms with E-state index in [9.17, 15) is 9.59 Å². The van der Waals surface area contributed by atoms with Gasteiger partial charge < -0.3 is 20.0 Å². The van der Waals surface area contributed by atoms with E-state index in [2.05, 4.69) is 20.2 Å². The molecule has 2 rings (SSSR count). The van der Waals surface area contributed by atoms with E-state index < -0.39 is 0 Å². The van der Waals surface area contributed by atoms with Crippen LogP contribution >= 0.6 is 0 Å². The van der Waals surface area contributed by atoms with Crippen LogP contribution in [0, 0.1) is 0 Å². The lowest BCUT2D eigenvalue weighted by Crippen LogP contribution is -2.48. The number of hydrogen-bond acceptors (Lipinski definition) is 6. The predicted molar refractivity (Wildman–Crippen MR) is 87.4 cm³/mol. The molecule has 0 atom stereocenters. The highest BCUT2D eigenvalue weighted by Crippen LogP contribution is 2.12. The molecule has 1 aliphatic heterocycles. The summed E-state index contributed by atoms with van der Waals surface area (Å²) in [6.45, 7) is 5.75. The summed E-state index contributed by atoms with van der Waals surface area (Å²) in [6, 6.07) is 0. The lowest BCUT2D eigenvalue weighted by Gasteiger charge is -2.34. The lowest BCUT2D eigenvalue weighted by molar-refractivity contribution is -0.129. The van der Waals surface area contributed by atoms with Crippen LogP contribution in [0.1, 0.15) is 17.4 Å². The van der Waals surface area contributed by atoms with Crippen LogP contribution < -0.4 is 10.2 Å². The van der Waals surface area contributed by atoms with Gasteiger partial charge in [0.1, 0.15) is 11.5 Å². The molecule has 0 spiro atoms. The molecule has 2 heterocycles. The highest BCUT2D eigenvalue weighted by atomic mass is 16.2. The third-order valence-corrected chi connectivity index (χ3v) is 3.76. The number of piperazine rings is 1. The average Bonchev–Trinajstić information content (AvgIpc) is 2.54. The van der Waals surface area contributed by atoms with Crippen molar-refractivity contribution in [2.45, 2.75) is 6.92 Å². The molecular weight excluding hydrogens is 296 g/mol. The zero-order chi connectivity index (χ0) is 16.8. The van der Waals surface area contributed by atoms with Gasteiger partial charge in [0.15, 0.2) is 0 Å². The number of likely N-dealkylation sites (N-methyl/N-ethyl adjacent to an activating group) is 1. The first-order valence-corrected chi connectivity index (χ1v) is 7.73. The van der Waals surface area contributed by atoms with Crippen molar-refractivity contribution < 1.29 is 9.59 Å². The van der Waals surface area contributed by atoms with Gasteiger partial charge in [0.05, 0.1) is 12.4 Å². The molecule has 0 bridgehead atoms. The smallest absolute Gasteiger partial charge is 0.271 e. The van der Waals surface area contributed by atoms with Crippen LogP contribution in [0.4, 0.5) is 5.82 Å². The number of aromatic nitrogens is 2. The number of nitrogens with one attached hydrogen (secondary N) is 1. The molecule has 0 aliphatic carbocycles. The van der Waals surface area contributed by atoms with E-state index in [0.29, 0.717) is 25.3 Å². The SMILES string of the molecule is CC(=O)N1CCN(c2cnc(C(=O)NCCN(C)C)cn2)CC1. The monoisotopic (exact) mass is 320 g/mol. The van der Waals surface area contributed by atoms with E-state index in [-0.39, 0.29) is 11.8 Å². The van der Waals surface area contributed by atoms with Gasteiger partial charge in [-0.15, -0.1) is 0 Å². The normalized spacial score (nSPS) is 15.0. The minimum absolute atomic E-state index is 0.0977. The molecule has 1 aromatic heterocycles. The number of carbonyl (C=O) groups is 2. The summed E-state index contributed by atoms with van der Waals surface area (Å²) in [7, 11) is 3.90. The molecule has 8 heteroatoms. The number of hydrogen-bond donors (Lipinski definition) is 1. The molecule has 1 aliphatic rings. The first kappa shape index (κ1) is 17.1. The third-order valence-electron chi connectivity index (χ3n) is 3.76. The van der Waals surface area contributed by atoms with Crippen molar-refractivity contribution in [2.75, 3.05) is 58.3 Å². The molecular formula is C15H24N6O2. The minimum atomic E-state index is -0.215. The van der Waals surface area contributed by atoms with E-state index in [1.807, 2.05) is 23.9 Å². The Balaban J connectivity index is 1.87. The van der Waals surface area contributed by atoms with Gasteiger partial charge in [-0.1, -0.05) is 0 Å². The number of nitrogens with zero attached hydrogens (tertiary/aromatic N) is 5. The highest BCUT2D eigenvalue weighted by Gasteiger charge is 2.20. The van der Waals surface area contributed by atoms with E-state index >= 15 is 0 Å². The number of rotatable bonds is 5. The average molecular weight is 320 g/mol. The van der Waals surface area contributed by atoms with Crippen molar-refractivity contribution in [3.8, 4) is 0 Å². The summed E-state index contributed by atoms with van der Waals surface area (Å²) in [5.74, 6) is 0.616. The topological polar surface area (TPSA) is 81.7 Å². The maximum absolute atomic E-state index is 11.9. The Morgan fingerprint density at radius 1 is 1.17 bits per heavy atom. The molecule has 8 nitrogen and oxygen atoms in total. The summed E-state index contributed by atoms with van der Waals surface area (Å²) in [5.41, 5.74) is 0.315. The van der Waals surface area contributed by atoms with Gasteiger partial charge in [0.2, 0.25) is 5.91 Å².